The molecule has 3 N–H and O–H groups in total. The highest BCUT2D eigenvalue weighted by atomic mass is 32.1. The molecule has 0 amide bonds. The van der Waals surface area contributed by atoms with Crippen LogP contribution < -0.4 is 11.3 Å². The Balaban J connectivity index is 1.87. The van der Waals surface area contributed by atoms with Crippen molar-refractivity contribution < 1.29 is 0 Å². The topological polar surface area (TPSA) is 38.0 Å². The second-order valence-corrected chi connectivity index (χ2v) is 6.57. The molecule has 0 spiro atoms. The molecule has 0 radical (unpaired) electrons. The molecule has 0 aliphatic heterocycles. The van der Waals surface area contributed by atoms with Crippen LogP contribution in [0.25, 0.3) is 0 Å². The van der Waals surface area contributed by atoms with Crippen molar-refractivity contribution in [2.24, 2.45) is 5.84 Å². The van der Waals surface area contributed by atoms with Crippen molar-refractivity contribution in [3.05, 3.63) is 57.3 Å². The summed E-state index contributed by atoms with van der Waals surface area (Å²) in [5.41, 5.74) is 5.66. The van der Waals surface area contributed by atoms with Gasteiger partial charge in [-0.15, -0.1) is 11.3 Å². The van der Waals surface area contributed by atoms with E-state index in [1.807, 2.05) is 11.3 Å². The van der Waals surface area contributed by atoms with Crippen LogP contribution >= 0.6 is 11.3 Å². The van der Waals surface area contributed by atoms with Gasteiger partial charge in [-0.2, -0.15) is 0 Å². The van der Waals surface area contributed by atoms with Crippen LogP contribution in [0.2, 0.25) is 0 Å². The van der Waals surface area contributed by atoms with E-state index in [0.717, 1.165) is 25.7 Å². The summed E-state index contributed by atoms with van der Waals surface area (Å²) in [6, 6.07) is 13.6. The second-order valence-electron chi connectivity index (χ2n) is 5.31. The van der Waals surface area contributed by atoms with Crippen LogP contribution in [-0.4, -0.2) is 6.04 Å². The van der Waals surface area contributed by atoms with Gasteiger partial charge >= 0.3 is 0 Å². The zero-order valence-electron chi connectivity index (χ0n) is 12.4. The molecule has 1 aromatic carbocycles. The average molecular weight is 288 g/mol. The summed E-state index contributed by atoms with van der Waals surface area (Å²) in [6.45, 7) is 4.32. The molecule has 0 saturated heterocycles. The number of hydrogen-bond acceptors (Lipinski definition) is 3. The summed E-state index contributed by atoms with van der Waals surface area (Å²) in [5.74, 6) is 5.70. The van der Waals surface area contributed by atoms with Crippen molar-refractivity contribution in [3.63, 3.8) is 0 Å². The minimum atomic E-state index is 0.347. The molecule has 0 fully saturated rings. The zero-order chi connectivity index (χ0) is 14.4. The van der Waals surface area contributed by atoms with Gasteiger partial charge in [0.2, 0.25) is 0 Å². The van der Waals surface area contributed by atoms with Crippen LogP contribution in [0.4, 0.5) is 0 Å². The summed E-state index contributed by atoms with van der Waals surface area (Å²) in [6.07, 6.45) is 4.28. The Labute approximate surface area is 126 Å². The normalized spacial score (nSPS) is 12.6. The molecule has 2 aromatic rings. The van der Waals surface area contributed by atoms with E-state index in [1.165, 1.54) is 20.9 Å². The third-order valence-electron chi connectivity index (χ3n) is 3.65. The lowest BCUT2D eigenvalue weighted by molar-refractivity contribution is 0.494. The number of aryl methyl sites for hydroxylation is 3. The Morgan fingerprint density at radius 2 is 1.80 bits per heavy atom. The van der Waals surface area contributed by atoms with Gasteiger partial charge in [-0.05, 0) is 50.3 Å². The maximum Gasteiger partial charge on any atom is 0.0261 e. The van der Waals surface area contributed by atoms with Gasteiger partial charge in [0.05, 0.1) is 0 Å². The first-order valence-electron chi connectivity index (χ1n) is 7.30. The first kappa shape index (κ1) is 15.2. The molecule has 0 aliphatic rings. The maximum absolute atomic E-state index is 5.70. The van der Waals surface area contributed by atoms with Crippen LogP contribution in [0.15, 0.2) is 36.4 Å². The molecule has 0 bridgehead atoms. The van der Waals surface area contributed by atoms with E-state index in [0.29, 0.717) is 6.04 Å². The average Bonchev–Trinajstić information content (AvgIpc) is 2.93. The van der Waals surface area contributed by atoms with Gasteiger partial charge in [0.1, 0.15) is 0 Å². The third kappa shape index (κ3) is 4.44. The summed E-state index contributed by atoms with van der Waals surface area (Å²) < 4.78 is 0. The number of nitrogens with one attached hydrogen (secondary N) is 1. The highest BCUT2D eigenvalue weighted by molar-refractivity contribution is 7.11. The minimum absolute atomic E-state index is 0.347. The largest absolute Gasteiger partial charge is 0.271 e. The van der Waals surface area contributed by atoms with Crippen molar-refractivity contribution in [2.45, 2.75) is 45.6 Å². The molecule has 1 heterocycles. The molecule has 1 aromatic heterocycles. The fourth-order valence-electron chi connectivity index (χ4n) is 2.30. The lowest BCUT2D eigenvalue weighted by Crippen LogP contribution is -2.36. The fraction of sp³-hybridized carbons (Fsp3) is 0.412. The number of nitrogens with two attached hydrogens (primary N) is 1. The fourth-order valence-corrected chi connectivity index (χ4v) is 3.34. The van der Waals surface area contributed by atoms with Crippen molar-refractivity contribution in [1.29, 1.82) is 0 Å². The van der Waals surface area contributed by atoms with Crippen LogP contribution in [0.5, 0.6) is 0 Å². The molecule has 0 aliphatic carbocycles. The molecular formula is C17H24N2S. The van der Waals surface area contributed by atoms with Crippen LogP contribution in [0.1, 0.15) is 34.2 Å². The number of hydrazine groups is 1. The van der Waals surface area contributed by atoms with Gasteiger partial charge in [-0.3, -0.25) is 11.3 Å². The predicted molar refractivity (Wildman–Crippen MR) is 88.0 cm³/mol. The number of rotatable bonds is 7. The number of thiophene rings is 1. The summed E-state index contributed by atoms with van der Waals surface area (Å²) in [4.78, 5) is 2.88. The van der Waals surface area contributed by atoms with E-state index in [4.69, 9.17) is 5.84 Å². The molecule has 1 unspecified atom stereocenters. The molecule has 0 saturated carbocycles. The molecule has 3 heteroatoms. The molecule has 2 rings (SSSR count). The SMILES string of the molecule is CCc1ccc(CC(CCc2ccc(C)cc2)NN)s1. The lowest BCUT2D eigenvalue weighted by Gasteiger charge is -2.15. The third-order valence-corrected chi connectivity index (χ3v) is 4.90. The Kier molecular flexibility index (Phi) is 5.77. The first-order valence-corrected chi connectivity index (χ1v) is 8.12. The Bertz CT molecular complexity index is 516. The first-order chi connectivity index (χ1) is 9.71. The standard InChI is InChI=1S/C17H24N2S/c1-3-16-10-11-17(20-16)12-15(19-18)9-8-14-6-4-13(2)5-7-14/h4-7,10-11,15,19H,3,8-9,12,18H2,1-2H3. The van der Waals surface area contributed by atoms with E-state index in [9.17, 15) is 0 Å². The van der Waals surface area contributed by atoms with Crippen molar-refractivity contribution >= 4 is 11.3 Å². The summed E-state index contributed by atoms with van der Waals surface area (Å²) in [7, 11) is 0. The van der Waals surface area contributed by atoms with Gasteiger partial charge in [-0.1, -0.05) is 36.8 Å². The highest BCUT2D eigenvalue weighted by Gasteiger charge is 2.09. The highest BCUT2D eigenvalue weighted by Crippen LogP contribution is 2.19. The predicted octanol–water partition coefficient (Wildman–Crippen LogP) is 3.63. The molecule has 1 atom stereocenters. The van der Waals surface area contributed by atoms with Gasteiger partial charge in [0, 0.05) is 15.8 Å². The van der Waals surface area contributed by atoms with Gasteiger partial charge < -0.3 is 0 Å². The minimum Gasteiger partial charge on any atom is -0.271 e. The quantitative estimate of drug-likeness (QED) is 0.603. The smallest absolute Gasteiger partial charge is 0.0261 e. The van der Waals surface area contributed by atoms with E-state index >= 15 is 0 Å². The van der Waals surface area contributed by atoms with Crippen molar-refractivity contribution in [1.82, 2.24) is 5.43 Å². The van der Waals surface area contributed by atoms with E-state index in [-0.39, 0.29) is 0 Å². The van der Waals surface area contributed by atoms with E-state index in [1.54, 1.807) is 0 Å². The van der Waals surface area contributed by atoms with Crippen molar-refractivity contribution in [3.8, 4) is 0 Å². The van der Waals surface area contributed by atoms with Gasteiger partial charge in [-0.25, -0.2) is 0 Å². The molecular weight excluding hydrogens is 264 g/mol. The summed E-state index contributed by atoms with van der Waals surface area (Å²) >= 11 is 1.90. The molecule has 2 nitrogen and oxygen atoms in total. The zero-order valence-corrected chi connectivity index (χ0v) is 13.2. The van der Waals surface area contributed by atoms with Gasteiger partial charge in [0.25, 0.3) is 0 Å². The van der Waals surface area contributed by atoms with Crippen LogP contribution in [0, 0.1) is 6.92 Å². The Morgan fingerprint density at radius 3 is 2.40 bits per heavy atom. The molecule has 108 valence electrons. The Morgan fingerprint density at radius 1 is 1.10 bits per heavy atom. The van der Waals surface area contributed by atoms with E-state index in [2.05, 4.69) is 55.7 Å². The van der Waals surface area contributed by atoms with Crippen LogP contribution in [-0.2, 0) is 19.3 Å². The van der Waals surface area contributed by atoms with Crippen LogP contribution in [0.3, 0.4) is 0 Å². The number of benzene rings is 1. The van der Waals surface area contributed by atoms with Gasteiger partial charge in [0.15, 0.2) is 0 Å². The maximum atomic E-state index is 5.70. The Hall–Kier alpha value is -1.16. The summed E-state index contributed by atoms with van der Waals surface area (Å²) in [5, 5.41) is 0. The second kappa shape index (κ2) is 7.58. The van der Waals surface area contributed by atoms with Crippen molar-refractivity contribution in [2.75, 3.05) is 0 Å². The number of hydrogen-bond donors (Lipinski definition) is 2. The monoisotopic (exact) mass is 288 g/mol. The molecule has 20 heavy (non-hydrogen) atoms. The lowest BCUT2D eigenvalue weighted by atomic mass is 10.0. The van der Waals surface area contributed by atoms with E-state index < -0.39 is 0 Å².